The van der Waals surface area contributed by atoms with Crippen LogP contribution in [0, 0.1) is 28.6 Å². The highest BCUT2D eigenvalue weighted by atomic mass is 16.1. The molecular weight excluding hydrogens is 430 g/mol. The minimum Gasteiger partial charge on any atom is -0.397 e. The molecule has 10 heteroatoms. The number of rotatable bonds is 5. The number of nitrogens with zero attached hydrogens (tertiary/aromatic N) is 7. The van der Waals surface area contributed by atoms with Crippen LogP contribution in [0.3, 0.4) is 0 Å². The summed E-state index contributed by atoms with van der Waals surface area (Å²) < 4.78 is 1.78. The first-order chi connectivity index (χ1) is 16.4. The maximum atomic E-state index is 11.7. The Morgan fingerprint density at radius 1 is 1.15 bits per heavy atom. The number of hydrogen-bond acceptors (Lipinski definition) is 8. The molecule has 4 heterocycles. The summed E-state index contributed by atoms with van der Waals surface area (Å²) in [6, 6.07) is 15.1. The van der Waals surface area contributed by atoms with Gasteiger partial charge in [0.05, 0.1) is 52.6 Å². The third-order valence-corrected chi connectivity index (χ3v) is 6.18. The third-order valence-electron chi connectivity index (χ3n) is 6.18. The lowest BCUT2D eigenvalue weighted by molar-refractivity contribution is 0.0884. The summed E-state index contributed by atoms with van der Waals surface area (Å²) in [5.74, 6) is -0.806. The number of carbonyl (C=O) groups is 1. The van der Waals surface area contributed by atoms with E-state index in [1.54, 1.807) is 29.1 Å². The Labute approximate surface area is 194 Å². The monoisotopic (exact) mass is 449 g/mol. The topological polar surface area (TPSA) is 173 Å². The van der Waals surface area contributed by atoms with Crippen LogP contribution in [0.4, 0.5) is 5.69 Å². The highest BCUT2D eigenvalue weighted by Crippen LogP contribution is 2.46. The van der Waals surface area contributed by atoms with Crippen LogP contribution in [-0.4, -0.2) is 30.6 Å². The zero-order valence-corrected chi connectivity index (χ0v) is 18.0. The number of nitrogen functional groups attached to an aromatic ring is 1. The zero-order valence-electron chi connectivity index (χ0n) is 18.0. The largest absolute Gasteiger partial charge is 0.397 e. The highest BCUT2D eigenvalue weighted by Gasteiger charge is 2.46. The predicted molar refractivity (Wildman–Crippen MR) is 123 cm³/mol. The number of amides is 1. The summed E-state index contributed by atoms with van der Waals surface area (Å²) in [6.45, 7) is 0. The molecule has 34 heavy (non-hydrogen) atoms. The molecule has 1 fully saturated rings. The van der Waals surface area contributed by atoms with Gasteiger partial charge in [0, 0.05) is 17.8 Å². The highest BCUT2D eigenvalue weighted by molar-refractivity contribution is 5.97. The molecule has 0 radical (unpaired) electrons. The Morgan fingerprint density at radius 3 is 2.71 bits per heavy atom. The summed E-state index contributed by atoms with van der Waals surface area (Å²) in [6.07, 6.45) is 4.94. The summed E-state index contributed by atoms with van der Waals surface area (Å²) in [5, 5.41) is 24.1. The molecule has 1 aliphatic rings. The predicted octanol–water partition coefficient (Wildman–Crippen LogP) is 2.78. The van der Waals surface area contributed by atoms with Gasteiger partial charge in [-0.3, -0.25) is 14.5 Å². The molecule has 0 saturated heterocycles. The molecule has 4 aromatic heterocycles. The van der Waals surface area contributed by atoms with E-state index in [-0.39, 0.29) is 23.7 Å². The smallest absolute Gasteiger partial charge is 0.269 e. The van der Waals surface area contributed by atoms with Gasteiger partial charge in [-0.05, 0) is 49.2 Å². The van der Waals surface area contributed by atoms with Crippen LogP contribution in [-0.2, 0) is 5.54 Å². The van der Waals surface area contributed by atoms with Gasteiger partial charge in [0.1, 0.15) is 11.4 Å². The molecule has 166 valence electrons. The fourth-order valence-corrected chi connectivity index (χ4v) is 4.43. The average Bonchev–Trinajstić information content (AvgIpc) is 3.31. The van der Waals surface area contributed by atoms with E-state index < -0.39 is 11.4 Å². The number of aromatic nitrogens is 5. The maximum absolute atomic E-state index is 11.7. The van der Waals surface area contributed by atoms with Crippen molar-refractivity contribution < 1.29 is 4.79 Å². The Hall–Kier alpha value is -4.83. The molecule has 1 aliphatic carbocycles. The van der Waals surface area contributed by atoms with Crippen molar-refractivity contribution in [1.29, 1.82) is 10.5 Å². The SMILES string of the molecule is N#CCC1(n2ccc(-c3nc(-c4ccc(N)c(C(N)=O)n4)cc4ncccc34)n2)CC(C#N)C1. The molecule has 1 amide bonds. The van der Waals surface area contributed by atoms with Crippen LogP contribution in [0.5, 0.6) is 0 Å². The first-order valence-corrected chi connectivity index (χ1v) is 10.6. The van der Waals surface area contributed by atoms with Crippen molar-refractivity contribution in [3.63, 3.8) is 0 Å². The number of hydrogen-bond donors (Lipinski definition) is 2. The minimum atomic E-state index is -0.726. The van der Waals surface area contributed by atoms with E-state index in [1.807, 2.05) is 24.4 Å². The molecule has 4 N–H and O–H groups in total. The summed E-state index contributed by atoms with van der Waals surface area (Å²) in [7, 11) is 0. The van der Waals surface area contributed by atoms with Crippen molar-refractivity contribution in [3.05, 3.63) is 54.5 Å². The van der Waals surface area contributed by atoms with E-state index in [0.29, 0.717) is 41.1 Å². The van der Waals surface area contributed by atoms with Crippen molar-refractivity contribution in [2.24, 2.45) is 11.7 Å². The van der Waals surface area contributed by atoms with Gasteiger partial charge in [-0.25, -0.2) is 9.97 Å². The number of fused-ring (bicyclic) bond motifs is 1. The second-order valence-electron chi connectivity index (χ2n) is 8.36. The van der Waals surface area contributed by atoms with E-state index >= 15 is 0 Å². The lowest BCUT2D eigenvalue weighted by Crippen LogP contribution is -2.46. The van der Waals surface area contributed by atoms with Gasteiger partial charge >= 0.3 is 0 Å². The first kappa shape index (κ1) is 21.0. The Kier molecular flexibility index (Phi) is 4.91. The molecule has 0 atom stereocenters. The number of nitrogens with two attached hydrogens (primary N) is 2. The van der Waals surface area contributed by atoms with Gasteiger partial charge in [0.15, 0.2) is 5.69 Å². The standard InChI is InChI=1S/C24H19N9O/c25-7-6-24(11-14(12-24)13-26)33-9-5-18(32-33)21-15-2-1-8-29-19(15)10-20(31-21)17-4-3-16(27)22(30-17)23(28)34/h1-5,8-10,14H,6,11-12,27H2,(H2,28,34). The number of pyridine rings is 3. The van der Waals surface area contributed by atoms with Gasteiger partial charge in [0.2, 0.25) is 0 Å². The Bertz CT molecular complexity index is 1520. The summed E-state index contributed by atoms with van der Waals surface area (Å²) in [5.41, 5.74) is 13.7. The van der Waals surface area contributed by atoms with E-state index in [2.05, 4.69) is 22.1 Å². The van der Waals surface area contributed by atoms with Gasteiger partial charge in [-0.1, -0.05) is 0 Å². The van der Waals surface area contributed by atoms with Crippen LogP contribution < -0.4 is 11.5 Å². The van der Waals surface area contributed by atoms with Crippen molar-refractivity contribution in [2.75, 3.05) is 5.73 Å². The van der Waals surface area contributed by atoms with Crippen LogP contribution in [0.1, 0.15) is 29.8 Å². The zero-order chi connectivity index (χ0) is 23.9. The molecule has 0 aliphatic heterocycles. The molecule has 0 unspecified atom stereocenters. The molecular formula is C24H19N9O. The van der Waals surface area contributed by atoms with Gasteiger partial charge in [0.25, 0.3) is 5.91 Å². The fourth-order valence-electron chi connectivity index (χ4n) is 4.43. The molecule has 5 rings (SSSR count). The molecule has 1 saturated carbocycles. The van der Waals surface area contributed by atoms with Gasteiger partial charge in [-0.15, -0.1) is 0 Å². The average molecular weight is 449 g/mol. The molecule has 4 aromatic rings. The second-order valence-corrected chi connectivity index (χ2v) is 8.36. The van der Waals surface area contributed by atoms with Crippen molar-refractivity contribution in [1.82, 2.24) is 24.7 Å². The molecule has 0 spiro atoms. The summed E-state index contributed by atoms with van der Waals surface area (Å²) in [4.78, 5) is 25.3. The van der Waals surface area contributed by atoms with E-state index in [0.717, 1.165) is 5.39 Å². The van der Waals surface area contributed by atoms with Crippen molar-refractivity contribution in [3.8, 4) is 34.9 Å². The van der Waals surface area contributed by atoms with E-state index in [9.17, 15) is 15.3 Å². The lowest BCUT2D eigenvalue weighted by atomic mass is 9.67. The quantitative estimate of drug-likeness (QED) is 0.468. The Balaban J connectivity index is 1.63. The fraction of sp³-hybridized carbons (Fsp3) is 0.208. The normalized spacial score (nSPS) is 19.2. The second kappa shape index (κ2) is 7.94. The van der Waals surface area contributed by atoms with E-state index in [1.165, 1.54) is 0 Å². The molecule has 0 aromatic carbocycles. The van der Waals surface area contributed by atoms with Crippen molar-refractivity contribution in [2.45, 2.75) is 24.8 Å². The number of primary amides is 1. The van der Waals surface area contributed by atoms with Crippen LogP contribution in [0.15, 0.2) is 48.8 Å². The maximum Gasteiger partial charge on any atom is 0.269 e. The number of nitriles is 2. The minimum absolute atomic E-state index is 0.0262. The number of anilines is 1. The van der Waals surface area contributed by atoms with Crippen molar-refractivity contribution >= 4 is 22.5 Å². The lowest BCUT2D eigenvalue weighted by Gasteiger charge is -2.43. The van der Waals surface area contributed by atoms with Crippen LogP contribution in [0.25, 0.3) is 33.7 Å². The van der Waals surface area contributed by atoms with Gasteiger partial charge in [-0.2, -0.15) is 15.6 Å². The Morgan fingerprint density at radius 2 is 1.97 bits per heavy atom. The molecule has 0 bridgehead atoms. The van der Waals surface area contributed by atoms with Gasteiger partial charge < -0.3 is 11.5 Å². The molecule has 10 nitrogen and oxygen atoms in total. The van der Waals surface area contributed by atoms with Crippen LogP contribution >= 0.6 is 0 Å². The van der Waals surface area contributed by atoms with E-state index in [4.69, 9.17) is 21.5 Å². The number of carbonyl (C=O) groups excluding carboxylic acids is 1. The summed E-state index contributed by atoms with van der Waals surface area (Å²) >= 11 is 0. The third kappa shape index (κ3) is 3.38. The van der Waals surface area contributed by atoms with Crippen LogP contribution in [0.2, 0.25) is 0 Å². The first-order valence-electron chi connectivity index (χ1n) is 10.6.